The summed E-state index contributed by atoms with van der Waals surface area (Å²) in [4.78, 5) is 33.7. The van der Waals surface area contributed by atoms with Gasteiger partial charge in [-0.1, -0.05) is 63.7 Å². The molecule has 0 saturated heterocycles. The van der Waals surface area contributed by atoms with Crippen molar-refractivity contribution in [2.75, 3.05) is 11.6 Å². The van der Waals surface area contributed by atoms with Gasteiger partial charge in [0.25, 0.3) is 5.56 Å². The van der Waals surface area contributed by atoms with E-state index in [1.165, 1.54) is 17.3 Å². The van der Waals surface area contributed by atoms with E-state index in [1.807, 2.05) is 6.26 Å². The minimum Gasteiger partial charge on any atom is -0.343 e. The highest BCUT2D eigenvalue weighted by molar-refractivity contribution is 7.98. The summed E-state index contributed by atoms with van der Waals surface area (Å²) >= 11 is 1.40. The maximum Gasteiger partial charge on any atom is 0.257 e. The molecule has 0 bridgehead atoms. The van der Waals surface area contributed by atoms with E-state index in [2.05, 4.69) is 67.2 Å². The summed E-state index contributed by atoms with van der Waals surface area (Å²) in [7, 11) is 0. The quantitative estimate of drug-likeness (QED) is 0.562. The van der Waals surface area contributed by atoms with Crippen molar-refractivity contribution < 1.29 is 4.79 Å². The predicted molar refractivity (Wildman–Crippen MR) is 118 cm³/mol. The van der Waals surface area contributed by atoms with Crippen LogP contribution < -0.4 is 10.9 Å². The first-order valence-corrected chi connectivity index (χ1v) is 11.2. The van der Waals surface area contributed by atoms with Crippen LogP contribution >= 0.6 is 11.8 Å². The predicted octanol–water partition coefficient (Wildman–Crippen LogP) is 4.82. The summed E-state index contributed by atoms with van der Waals surface area (Å²) in [5.74, 6) is 0.713. The molecule has 1 aliphatic heterocycles. The number of nitrogens with zero attached hydrogens (tertiary/aromatic N) is 1. The number of ketones is 1. The lowest BCUT2D eigenvalue weighted by atomic mass is 9.69. The average molecular weight is 410 g/mol. The van der Waals surface area contributed by atoms with Gasteiger partial charge in [-0.25, -0.2) is 4.98 Å². The van der Waals surface area contributed by atoms with E-state index in [9.17, 15) is 9.59 Å². The minimum atomic E-state index is -0.391. The molecule has 29 heavy (non-hydrogen) atoms. The largest absolute Gasteiger partial charge is 0.343 e. The van der Waals surface area contributed by atoms with Gasteiger partial charge in [-0.05, 0) is 35.1 Å². The Morgan fingerprint density at radius 1 is 1.14 bits per heavy atom. The van der Waals surface area contributed by atoms with E-state index < -0.39 is 5.92 Å². The van der Waals surface area contributed by atoms with E-state index in [4.69, 9.17) is 0 Å². The molecule has 152 valence electrons. The van der Waals surface area contributed by atoms with Gasteiger partial charge in [0.1, 0.15) is 5.82 Å². The molecule has 0 spiro atoms. The topological polar surface area (TPSA) is 74.8 Å². The Morgan fingerprint density at radius 3 is 2.45 bits per heavy atom. The highest BCUT2D eigenvalue weighted by Crippen LogP contribution is 2.47. The lowest BCUT2D eigenvalue weighted by Crippen LogP contribution is -2.37. The van der Waals surface area contributed by atoms with Crippen molar-refractivity contribution in [1.82, 2.24) is 9.97 Å². The minimum absolute atomic E-state index is 0.112. The van der Waals surface area contributed by atoms with Crippen molar-refractivity contribution in [3.8, 4) is 0 Å². The molecule has 6 heteroatoms. The second kappa shape index (κ2) is 7.17. The number of carbonyl (C=O) groups is 1. The molecule has 0 saturated carbocycles. The van der Waals surface area contributed by atoms with Gasteiger partial charge in [-0.15, -0.1) is 0 Å². The molecule has 2 aromatic rings. The zero-order valence-corrected chi connectivity index (χ0v) is 18.4. The van der Waals surface area contributed by atoms with Crippen molar-refractivity contribution in [3.05, 3.63) is 62.6 Å². The lowest BCUT2D eigenvalue weighted by molar-refractivity contribution is -0.118. The SMILES string of the molecule is CSc1nc2c(c(=O)[nH]1)[C@H](c1ccc(C(C)C)cc1)C1=C(CC(C)(C)CC1=O)N2. The molecule has 1 aromatic heterocycles. The second-order valence-electron chi connectivity index (χ2n) is 9.05. The first kappa shape index (κ1) is 20.0. The van der Waals surface area contributed by atoms with Crippen molar-refractivity contribution in [2.45, 2.75) is 57.5 Å². The molecule has 2 N–H and O–H groups in total. The summed E-state index contributed by atoms with van der Waals surface area (Å²) in [6.07, 6.45) is 3.13. The number of aromatic amines is 1. The van der Waals surface area contributed by atoms with Gasteiger partial charge in [0.15, 0.2) is 10.9 Å². The molecule has 1 atom stereocenters. The number of allylic oxidation sites excluding steroid dienone is 2. The number of H-pyrrole nitrogens is 1. The number of aromatic nitrogens is 2. The van der Waals surface area contributed by atoms with Crippen molar-refractivity contribution in [2.24, 2.45) is 5.41 Å². The molecule has 0 amide bonds. The second-order valence-corrected chi connectivity index (χ2v) is 9.84. The number of anilines is 1. The van der Waals surface area contributed by atoms with Crippen LogP contribution in [0, 0.1) is 5.41 Å². The van der Waals surface area contributed by atoms with Gasteiger partial charge < -0.3 is 10.3 Å². The Bertz CT molecular complexity index is 1060. The number of thioether (sulfide) groups is 1. The van der Waals surface area contributed by atoms with Crippen LogP contribution in [0.25, 0.3) is 0 Å². The highest BCUT2D eigenvalue weighted by Gasteiger charge is 2.42. The molecular formula is C23H27N3O2S. The van der Waals surface area contributed by atoms with Crippen LogP contribution in [0.15, 0.2) is 45.5 Å². The molecule has 0 fully saturated rings. The summed E-state index contributed by atoms with van der Waals surface area (Å²) < 4.78 is 0. The van der Waals surface area contributed by atoms with Gasteiger partial charge in [-0.3, -0.25) is 9.59 Å². The van der Waals surface area contributed by atoms with Crippen LogP contribution in [-0.2, 0) is 4.79 Å². The summed E-state index contributed by atoms with van der Waals surface area (Å²) in [5, 5.41) is 3.91. The summed E-state index contributed by atoms with van der Waals surface area (Å²) in [6.45, 7) is 8.52. The molecule has 2 aliphatic rings. The molecule has 1 aliphatic carbocycles. The van der Waals surface area contributed by atoms with E-state index in [0.29, 0.717) is 28.9 Å². The zero-order valence-electron chi connectivity index (χ0n) is 17.6. The third-order valence-corrected chi connectivity index (χ3v) is 6.41. The number of nitrogens with one attached hydrogen (secondary N) is 2. The Hall–Kier alpha value is -2.34. The Labute approximate surface area is 175 Å². The standard InChI is InChI=1S/C23H27N3O2S/c1-12(2)13-6-8-14(9-7-13)17-18-15(10-23(3,4)11-16(18)27)24-20-19(17)21(28)26-22(25-20)29-5/h6-9,12,17H,10-11H2,1-5H3,(H2,24,25,26,28)/t17-/m1/s1. The van der Waals surface area contributed by atoms with Gasteiger partial charge in [0.2, 0.25) is 0 Å². The lowest BCUT2D eigenvalue weighted by Gasteiger charge is -2.38. The molecule has 4 rings (SSSR count). The number of rotatable bonds is 3. The van der Waals surface area contributed by atoms with Crippen LogP contribution in [0.3, 0.4) is 0 Å². The van der Waals surface area contributed by atoms with E-state index in [1.54, 1.807) is 0 Å². The smallest absolute Gasteiger partial charge is 0.257 e. The Balaban J connectivity index is 1.94. The summed E-state index contributed by atoms with van der Waals surface area (Å²) in [6, 6.07) is 8.29. The zero-order chi connectivity index (χ0) is 20.9. The molecule has 0 unspecified atom stereocenters. The van der Waals surface area contributed by atoms with Crippen molar-refractivity contribution >= 4 is 23.4 Å². The molecular weight excluding hydrogens is 382 g/mol. The van der Waals surface area contributed by atoms with Gasteiger partial charge in [0.05, 0.1) is 5.56 Å². The first-order valence-electron chi connectivity index (χ1n) is 10.0. The maximum atomic E-state index is 13.2. The van der Waals surface area contributed by atoms with Crippen LogP contribution in [0.1, 0.15) is 69.1 Å². The highest BCUT2D eigenvalue weighted by atomic mass is 32.2. The number of benzene rings is 1. The number of Topliss-reactive ketones (excluding diaryl/α,β-unsaturated/α-hetero) is 1. The third kappa shape index (κ3) is 3.54. The number of hydrogen-bond acceptors (Lipinski definition) is 5. The van der Waals surface area contributed by atoms with Crippen molar-refractivity contribution in [1.29, 1.82) is 0 Å². The van der Waals surface area contributed by atoms with E-state index >= 15 is 0 Å². The third-order valence-electron chi connectivity index (χ3n) is 5.83. The van der Waals surface area contributed by atoms with E-state index in [0.717, 1.165) is 23.3 Å². The van der Waals surface area contributed by atoms with Gasteiger partial charge in [-0.2, -0.15) is 0 Å². The maximum absolute atomic E-state index is 13.2. The van der Waals surface area contributed by atoms with Gasteiger partial charge >= 0.3 is 0 Å². The van der Waals surface area contributed by atoms with Crippen LogP contribution in [0.5, 0.6) is 0 Å². The number of carbonyl (C=O) groups excluding carboxylic acids is 1. The monoisotopic (exact) mass is 409 g/mol. The fourth-order valence-corrected chi connectivity index (χ4v) is 4.77. The van der Waals surface area contributed by atoms with Crippen molar-refractivity contribution in [3.63, 3.8) is 0 Å². The fraction of sp³-hybridized carbons (Fsp3) is 0.435. The van der Waals surface area contributed by atoms with Gasteiger partial charge in [0, 0.05) is 23.6 Å². The molecule has 5 nitrogen and oxygen atoms in total. The molecule has 0 radical (unpaired) electrons. The Kier molecular flexibility index (Phi) is 4.93. The first-order chi connectivity index (χ1) is 13.7. The average Bonchev–Trinajstić information content (AvgIpc) is 2.65. The van der Waals surface area contributed by atoms with Crippen LogP contribution in [-0.4, -0.2) is 22.0 Å². The number of fused-ring (bicyclic) bond motifs is 1. The fourth-order valence-electron chi connectivity index (χ4n) is 4.40. The molecule has 1 aromatic carbocycles. The van der Waals surface area contributed by atoms with Crippen LogP contribution in [0.4, 0.5) is 5.82 Å². The van der Waals surface area contributed by atoms with Crippen LogP contribution in [0.2, 0.25) is 0 Å². The Morgan fingerprint density at radius 2 is 1.83 bits per heavy atom. The molecule has 2 heterocycles. The number of hydrogen-bond donors (Lipinski definition) is 2. The normalized spacial score (nSPS) is 20.3. The van der Waals surface area contributed by atoms with E-state index in [-0.39, 0.29) is 16.8 Å². The summed E-state index contributed by atoms with van der Waals surface area (Å²) in [5.41, 5.74) is 4.05.